The van der Waals surface area contributed by atoms with Crippen LogP contribution in [0.2, 0.25) is 0 Å². The van der Waals surface area contributed by atoms with E-state index in [0.717, 1.165) is 11.4 Å². The van der Waals surface area contributed by atoms with Gasteiger partial charge in [-0.15, -0.1) is 11.3 Å². The Balaban J connectivity index is 0.874. The van der Waals surface area contributed by atoms with E-state index in [2.05, 4.69) is 288 Å². The van der Waals surface area contributed by atoms with E-state index in [1.54, 1.807) is 0 Å². The van der Waals surface area contributed by atoms with Gasteiger partial charge in [0.25, 0.3) is 0 Å². The average Bonchev–Trinajstić information content (AvgIpc) is 4.29. The summed E-state index contributed by atoms with van der Waals surface area (Å²) in [5.74, 6) is 0. The van der Waals surface area contributed by atoms with Gasteiger partial charge in [0.1, 0.15) is 0 Å². The van der Waals surface area contributed by atoms with E-state index in [-0.39, 0.29) is 0 Å². The fraction of sp³-hybridized carbons (Fsp3) is 0. The van der Waals surface area contributed by atoms with Crippen LogP contribution in [-0.4, -0.2) is 9.13 Å². The van der Waals surface area contributed by atoms with Crippen LogP contribution in [0.1, 0.15) is 0 Å². The predicted octanol–water partition coefficient (Wildman–Crippen LogP) is 21.5. The minimum Gasteiger partial charge on any atom is -0.309 e. The molecule has 79 heavy (non-hydrogen) atoms. The quantitative estimate of drug-likeness (QED) is 0.147. The highest BCUT2D eigenvalue weighted by Gasteiger charge is 2.25. The lowest BCUT2D eigenvalue weighted by molar-refractivity contribution is 1.18. The SMILES string of the molecule is c1ccc(-n2c3ccccc3c3c(-c4c5ccccc5c(-c5ccc6c(c5)sc5cccc(-c7c8ccccc8c(-c8cccc9c8c8ccccc8n9-c8ccccc8)c8ccccc78)c56)c5ccccc45)cccc32)cc1. The van der Waals surface area contributed by atoms with Crippen LogP contribution >= 0.6 is 11.3 Å². The molecule has 0 N–H and O–H groups in total. The second-order valence-corrected chi connectivity index (χ2v) is 22.0. The third-order valence-corrected chi connectivity index (χ3v) is 18.0. The summed E-state index contributed by atoms with van der Waals surface area (Å²) < 4.78 is 7.41. The van der Waals surface area contributed by atoms with E-state index in [4.69, 9.17) is 0 Å². The lowest BCUT2D eigenvalue weighted by Gasteiger charge is -2.19. The summed E-state index contributed by atoms with van der Waals surface area (Å²) in [6, 6.07) is 104. The average molecular weight is 1020 g/mol. The highest BCUT2D eigenvalue weighted by Crippen LogP contribution is 2.52. The van der Waals surface area contributed by atoms with Crippen LogP contribution in [0.3, 0.4) is 0 Å². The van der Waals surface area contributed by atoms with E-state index < -0.39 is 0 Å². The highest BCUT2D eigenvalue weighted by molar-refractivity contribution is 7.26. The molecule has 3 heteroatoms. The van der Waals surface area contributed by atoms with Gasteiger partial charge >= 0.3 is 0 Å². The van der Waals surface area contributed by atoms with E-state index in [1.807, 2.05) is 11.3 Å². The van der Waals surface area contributed by atoms with E-state index >= 15 is 0 Å². The van der Waals surface area contributed by atoms with E-state index in [9.17, 15) is 0 Å². The number of thiophene rings is 1. The first-order valence-corrected chi connectivity index (χ1v) is 28.1. The molecular formula is C76H46N2S. The summed E-state index contributed by atoms with van der Waals surface area (Å²) in [7, 11) is 0. The second kappa shape index (κ2) is 17.2. The highest BCUT2D eigenvalue weighted by atomic mass is 32.1. The first-order chi connectivity index (χ1) is 39.3. The van der Waals surface area contributed by atoms with Gasteiger partial charge in [0.15, 0.2) is 0 Å². The number of aromatic nitrogens is 2. The Morgan fingerprint density at radius 3 is 0.987 bits per heavy atom. The topological polar surface area (TPSA) is 9.86 Å². The van der Waals surface area contributed by atoms with Crippen molar-refractivity contribution in [3.63, 3.8) is 0 Å². The summed E-state index contributed by atoms with van der Waals surface area (Å²) >= 11 is 1.90. The second-order valence-electron chi connectivity index (χ2n) is 20.9. The minimum atomic E-state index is 1.16. The summed E-state index contributed by atoms with van der Waals surface area (Å²) in [6.07, 6.45) is 0. The van der Waals surface area contributed by atoms with Crippen molar-refractivity contribution in [2.45, 2.75) is 0 Å². The van der Waals surface area contributed by atoms with Crippen molar-refractivity contribution < 1.29 is 0 Å². The van der Waals surface area contributed by atoms with Crippen molar-refractivity contribution in [1.29, 1.82) is 0 Å². The van der Waals surface area contributed by atoms with Crippen molar-refractivity contribution in [2.75, 3.05) is 0 Å². The molecule has 0 aliphatic rings. The molecule has 0 spiro atoms. The maximum Gasteiger partial charge on any atom is 0.0547 e. The van der Waals surface area contributed by atoms with Gasteiger partial charge in [-0.25, -0.2) is 0 Å². The third-order valence-electron chi connectivity index (χ3n) is 16.9. The summed E-state index contributed by atoms with van der Waals surface area (Å²) in [4.78, 5) is 0. The van der Waals surface area contributed by atoms with Crippen LogP contribution in [0.25, 0.3) is 163 Å². The summed E-state index contributed by atoms with van der Waals surface area (Å²) in [6.45, 7) is 0. The standard InChI is InChI=1S/C76H46N2S/c1-3-22-48(23-4-1)77-64-39-17-15-34-58(64)74-61(36-19-41-66(74)77)71-52-28-9-7-26-50(52)70(51-27-8-10-29-53(51)71)47-44-45-60-69(46-47)79-68-43-21-38-63(76(60)68)73-56-32-13-11-30-54(56)72(55-31-12-14-33-57(55)73)62-37-20-42-67-75(62)59-35-16-18-40-65(59)78(67)49-24-5-2-6-25-49/h1-46H. The van der Waals surface area contributed by atoms with Crippen molar-refractivity contribution in [3.8, 4) is 55.9 Å². The molecule has 0 unspecified atom stereocenters. The molecule has 0 atom stereocenters. The lowest BCUT2D eigenvalue weighted by Crippen LogP contribution is -1.94. The van der Waals surface area contributed by atoms with Gasteiger partial charge in [-0.3, -0.25) is 0 Å². The van der Waals surface area contributed by atoms with Crippen LogP contribution in [-0.2, 0) is 0 Å². The Labute approximate surface area is 459 Å². The molecule has 2 nitrogen and oxygen atoms in total. The summed E-state index contributed by atoms with van der Waals surface area (Å²) in [5.41, 5.74) is 17.2. The van der Waals surface area contributed by atoms with Crippen LogP contribution in [0, 0.1) is 0 Å². The number of benzene rings is 14. The number of rotatable bonds is 6. The number of hydrogen-bond acceptors (Lipinski definition) is 1. The molecule has 0 saturated heterocycles. The first kappa shape index (κ1) is 44.1. The Morgan fingerprint density at radius 2 is 0.557 bits per heavy atom. The van der Waals surface area contributed by atoms with Gasteiger partial charge in [0.2, 0.25) is 0 Å². The molecule has 0 aliphatic carbocycles. The molecule has 0 amide bonds. The Morgan fingerprint density at radius 1 is 0.215 bits per heavy atom. The van der Waals surface area contributed by atoms with Crippen LogP contribution in [0.15, 0.2) is 279 Å². The molecular weight excluding hydrogens is 973 g/mol. The molecule has 0 aliphatic heterocycles. The van der Waals surface area contributed by atoms with E-state index in [0.29, 0.717) is 0 Å². The Bertz CT molecular complexity index is 5250. The fourth-order valence-corrected chi connectivity index (χ4v) is 15.0. The molecule has 0 radical (unpaired) electrons. The Hall–Kier alpha value is -10.1. The normalized spacial score (nSPS) is 12.1. The van der Waals surface area contributed by atoms with Crippen molar-refractivity contribution in [2.24, 2.45) is 0 Å². The molecule has 3 aromatic heterocycles. The molecule has 17 rings (SSSR count). The third kappa shape index (κ3) is 6.39. The minimum absolute atomic E-state index is 1.16. The molecule has 0 saturated carbocycles. The number of nitrogens with zero attached hydrogens (tertiary/aromatic N) is 2. The van der Waals surface area contributed by atoms with Crippen molar-refractivity contribution in [1.82, 2.24) is 9.13 Å². The molecule has 366 valence electrons. The van der Waals surface area contributed by atoms with Crippen molar-refractivity contribution >= 4 is 118 Å². The smallest absolute Gasteiger partial charge is 0.0547 e. The van der Waals surface area contributed by atoms with E-state index in [1.165, 1.54) is 151 Å². The first-order valence-electron chi connectivity index (χ1n) is 27.3. The lowest BCUT2D eigenvalue weighted by atomic mass is 9.83. The maximum atomic E-state index is 2.47. The van der Waals surface area contributed by atoms with Gasteiger partial charge in [-0.2, -0.15) is 0 Å². The zero-order valence-corrected chi connectivity index (χ0v) is 43.7. The molecule has 3 heterocycles. The van der Waals surface area contributed by atoms with Crippen molar-refractivity contribution in [3.05, 3.63) is 279 Å². The molecule has 17 aromatic rings. The van der Waals surface area contributed by atoms with Crippen LogP contribution < -0.4 is 0 Å². The number of hydrogen-bond donors (Lipinski definition) is 0. The van der Waals surface area contributed by atoms with Gasteiger partial charge < -0.3 is 9.13 Å². The number of fused-ring (bicyclic) bond motifs is 13. The van der Waals surface area contributed by atoms with Crippen LogP contribution in [0.4, 0.5) is 0 Å². The zero-order valence-electron chi connectivity index (χ0n) is 42.9. The number of para-hydroxylation sites is 4. The molecule has 0 bridgehead atoms. The van der Waals surface area contributed by atoms with Crippen LogP contribution in [0.5, 0.6) is 0 Å². The largest absolute Gasteiger partial charge is 0.309 e. The van der Waals surface area contributed by atoms with Gasteiger partial charge in [-0.05, 0) is 148 Å². The Kier molecular flexibility index (Phi) is 9.62. The monoisotopic (exact) mass is 1020 g/mol. The van der Waals surface area contributed by atoms with Gasteiger partial charge in [-0.1, -0.05) is 218 Å². The van der Waals surface area contributed by atoms with Gasteiger partial charge in [0, 0.05) is 53.1 Å². The molecule has 14 aromatic carbocycles. The van der Waals surface area contributed by atoms with Gasteiger partial charge in [0.05, 0.1) is 22.1 Å². The molecule has 0 fully saturated rings. The summed E-state index contributed by atoms with van der Waals surface area (Å²) in [5, 5.41) is 17.6. The maximum absolute atomic E-state index is 2.47. The fourth-order valence-electron chi connectivity index (χ4n) is 13.8. The zero-order chi connectivity index (χ0) is 51.7. The predicted molar refractivity (Wildman–Crippen MR) is 340 cm³/mol.